The summed E-state index contributed by atoms with van der Waals surface area (Å²) in [5.41, 5.74) is -2.34. The predicted octanol–water partition coefficient (Wildman–Crippen LogP) is -1.40. The van der Waals surface area contributed by atoms with E-state index in [-0.39, 0.29) is 29.3 Å². The topological polar surface area (TPSA) is 354 Å². The van der Waals surface area contributed by atoms with Crippen molar-refractivity contribution >= 4 is 5.97 Å². The summed E-state index contributed by atoms with van der Waals surface area (Å²) >= 11 is 0. The standard InChI is InChI=1S/C53H86O22/c1-22-31(57)34(60)37(63)43(69-22)74-41-40(73-44-38(64)35(61)32(58)25(19-54)70-44)24(56)21-68-46(41)72-29-12-13-50(6)27(49(29,4)5)11-14-52(8)28(50)10-9-23-30-42(66)48(2,3)15-17-53(30,18-16-51(23,52)7)47(67)75-45-39(65)36(62)33(59)26(20-55)71-45/h9,22,24-46,54-66H,10-21H2,1-8H3/t22-,24+,25+,26+,27?,28?,29?,30?,31+,32+,33+,34+,35-,36-,37+,38+,39+,40-,41+,42-,43-,44-,45-,46-,50-,51+,52+,53-/m0/s1. The molecule has 9 aliphatic rings. The van der Waals surface area contributed by atoms with Crippen molar-refractivity contribution in [2.24, 2.45) is 50.2 Å². The number of carbonyl (C=O) groups is 1. The third-order valence-corrected chi connectivity index (χ3v) is 21.2. The molecular formula is C53H86O22. The van der Waals surface area contributed by atoms with Crippen molar-refractivity contribution in [3.05, 3.63) is 11.6 Å². The van der Waals surface area contributed by atoms with Crippen molar-refractivity contribution in [2.45, 2.75) is 242 Å². The Morgan fingerprint density at radius 3 is 1.79 bits per heavy atom. The normalized spacial score (nSPS) is 54.5. The molecule has 4 heterocycles. The second-order valence-corrected chi connectivity index (χ2v) is 25.8. The van der Waals surface area contributed by atoms with Crippen LogP contribution in [0.25, 0.3) is 0 Å². The molecule has 28 atom stereocenters. The summed E-state index contributed by atoms with van der Waals surface area (Å²) in [7, 11) is 0. The van der Waals surface area contributed by atoms with Gasteiger partial charge in [-0.05, 0) is 104 Å². The lowest BCUT2D eigenvalue weighted by Crippen LogP contribution is -2.68. The fourth-order valence-electron chi connectivity index (χ4n) is 16.2. The van der Waals surface area contributed by atoms with Crippen LogP contribution in [0.5, 0.6) is 0 Å². The van der Waals surface area contributed by atoms with Gasteiger partial charge in [-0.1, -0.05) is 60.1 Å². The van der Waals surface area contributed by atoms with Crippen molar-refractivity contribution in [3.8, 4) is 0 Å². The molecule has 5 aliphatic carbocycles. The summed E-state index contributed by atoms with van der Waals surface area (Å²) in [6.45, 7) is 15.0. The Kier molecular flexibility index (Phi) is 16.1. The molecule has 8 fully saturated rings. The molecule has 0 aromatic carbocycles. The Hall–Kier alpha value is -1.59. The average molecular weight is 1080 g/mol. The minimum atomic E-state index is -1.84. The monoisotopic (exact) mass is 1070 g/mol. The van der Waals surface area contributed by atoms with Crippen LogP contribution >= 0.6 is 0 Å². The Morgan fingerprint density at radius 2 is 1.16 bits per heavy atom. The van der Waals surface area contributed by atoms with Crippen molar-refractivity contribution in [3.63, 3.8) is 0 Å². The van der Waals surface area contributed by atoms with Crippen molar-refractivity contribution < 1.29 is 109 Å². The lowest BCUT2D eigenvalue weighted by molar-refractivity contribution is -0.388. The van der Waals surface area contributed by atoms with E-state index < -0.39 is 176 Å². The number of ether oxygens (including phenoxy) is 8. The number of esters is 1. The highest BCUT2D eigenvalue weighted by molar-refractivity contribution is 5.79. The van der Waals surface area contributed by atoms with Gasteiger partial charge < -0.3 is 104 Å². The van der Waals surface area contributed by atoms with E-state index in [2.05, 4.69) is 40.7 Å². The molecular weight excluding hydrogens is 989 g/mol. The Labute approximate surface area is 437 Å². The second kappa shape index (κ2) is 20.7. The van der Waals surface area contributed by atoms with Crippen LogP contribution in [0.4, 0.5) is 0 Å². The van der Waals surface area contributed by atoms with Gasteiger partial charge in [0.2, 0.25) is 6.29 Å². The molecule has 4 saturated heterocycles. The van der Waals surface area contributed by atoms with Gasteiger partial charge in [0.25, 0.3) is 0 Å². The zero-order valence-electron chi connectivity index (χ0n) is 44.4. The van der Waals surface area contributed by atoms with Gasteiger partial charge in [-0.15, -0.1) is 0 Å². The molecule has 75 heavy (non-hydrogen) atoms. The van der Waals surface area contributed by atoms with Gasteiger partial charge >= 0.3 is 5.97 Å². The Balaban J connectivity index is 0.984. The maximum atomic E-state index is 14.8. The molecule has 0 bridgehead atoms. The first-order valence-electron chi connectivity index (χ1n) is 27.2. The molecule has 0 spiro atoms. The summed E-state index contributed by atoms with van der Waals surface area (Å²) in [4.78, 5) is 14.8. The number of carbonyl (C=O) groups excluding carboxylic acids is 1. The lowest BCUT2D eigenvalue weighted by atomic mass is 9.33. The van der Waals surface area contributed by atoms with Gasteiger partial charge in [-0.25, -0.2) is 0 Å². The SMILES string of the molecule is C[C@@H]1O[C@@H](O[C@H]2[C@H](OC3CC[C@@]4(C)C(CC[C@]5(C)C4CC=C4C6[C@H](O)C(C)(C)CC[C@]6(C(=O)O[C@@H]6O[C@H](CO)[C@@H](O)[C@H](O)[C@H]6O)CC[C@]45C)C3(C)C)OC[C@@H](O)[C@@H]2O[C@@H]2O[C@H](CO)[C@@H](O)[C@H](O)[C@H]2O)[C@H](O)[C@H](O)[C@@H]1O. The van der Waals surface area contributed by atoms with E-state index in [1.54, 1.807) is 0 Å². The molecule has 9 rings (SSSR count). The van der Waals surface area contributed by atoms with Gasteiger partial charge in [-0.3, -0.25) is 4.79 Å². The quantitative estimate of drug-likeness (QED) is 0.0680. The number of hydrogen-bond donors (Lipinski definition) is 13. The Morgan fingerprint density at radius 1 is 0.600 bits per heavy atom. The molecule has 0 radical (unpaired) electrons. The van der Waals surface area contributed by atoms with Gasteiger partial charge in [0.15, 0.2) is 18.9 Å². The minimum Gasteiger partial charge on any atom is -0.432 e. The fraction of sp³-hybridized carbons (Fsp3) is 0.943. The first-order valence-corrected chi connectivity index (χ1v) is 27.2. The summed E-state index contributed by atoms with van der Waals surface area (Å²) in [5, 5.41) is 140. The lowest BCUT2D eigenvalue weighted by Gasteiger charge is -2.71. The zero-order valence-corrected chi connectivity index (χ0v) is 44.4. The third-order valence-electron chi connectivity index (χ3n) is 21.2. The molecule has 4 saturated carbocycles. The molecule has 0 aromatic rings. The number of rotatable bonds is 10. The average Bonchev–Trinajstić information content (AvgIpc) is 3.38. The molecule has 22 nitrogen and oxygen atoms in total. The van der Waals surface area contributed by atoms with Crippen molar-refractivity contribution in [2.75, 3.05) is 19.8 Å². The van der Waals surface area contributed by atoms with Crippen LogP contribution in [0.15, 0.2) is 11.6 Å². The molecule has 0 aromatic heterocycles. The zero-order chi connectivity index (χ0) is 54.9. The summed E-state index contributed by atoms with van der Waals surface area (Å²) in [6, 6.07) is 0. The van der Waals surface area contributed by atoms with Crippen molar-refractivity contribution in [1.29, 1.82) is 0 Å². The molecule has 4 aliphatic heterocycles. The second-order valence-electron chi connectivity index (χ2n) is 25.8. The van der Waals surface area contributed by atoms with E-state index in [1.165, 1.54) is 6.92 Å². The number of aliphatic hydroxyl groups excluding tert-OH is 13. The highest BCUT2D eigenvalue weighted by atomic mass is 16.8. The van der Waals surface area contributed by atoms with Crippen LogP contribution < -0.4 is 0 Å². The van der Waals surface area contributed by atoms with Crippen LogP contribution in [0.3, 0.4) is 0 Å². The summed E-state index contributed by atoms with van der Waals surface area (Å²) < 4.78 is 48.8. The van der Waals surface area contributed by atoms with E-state index in [1.807, 2.05) is 13.8 Å². The number of hydrogen-bond acceptors (Lipinski definition) is 22. The number of aliphatic hydroxyl groups is 13. The highest BCUT2D eigenvalue weighted by Gasteiger charge is 2.71. The largest absolute Gasteiger partial charge is 0.432 e. The maximum absolute atomic E-state index is 14.8. The molecule has 4 unspecified atom stereocenters. The van der Waals surface area contributed by atoms with Gasteiger partial charge in [0.05, 0.1) is 43.5 Å². The van der Waals surface area contributed by atoms with E-state index >= 15 is 0 Å². The molecule has 430 valence electrons. The van der Waals surface area contributed by atoms with E-state index in [0.29, 0.717) is 38.5 Å². The summed E-state index contributed by atoms with van der Waals surface area (Å²) in [6.07, 6.45) is -23.5. The van der Waals surface area contributed by atoms with Gasteiger partial charge in [0.1, 0.15) is 85.5 Å². The van der Waals surface area contributed by atoms with Crippen LogP contribution in [0, 0.1) is 50.2 Å². The predicted molar refractivity (Wildman–Crippen MR) is 257 cm³/mol. The molecule has 13 N–H and O–H groups in total. The first-order chi connectivity index (χ1) is 35.0. The van der Waals surface area contributed by atoms with Crippen molar-refractivity contribution in [1.82, 2.24) is 0 Å². The molecule has 22 heteroatoms. The number of fused-ring (bicyclic) bond motifs is 7. The van der Waals surface area contributed by atoms with E-state index in [9.17, 15) is 71.2 Å². The number of allylic oxidation sites excluding steroid dienone is 1. The smallest absolute Gasteiger partial charge is 0.315 e. The maximum Gasteiger partial charge on any atom is 0.315 e. The fourth-order valence-corrected chi connectivity index (χ4v) is 16.2. The van der Waals surface area contributed by atoms with Crippen LogP contribution in [-0.2, 0) is 42.7 Å². The summed E-state index contributed by atoms with van der Waals surface area (Å²) in [5.74, 6) is -1.09. The molecule has 0 amide bonds. The Bertz CT molecular complexity index is 2070. The first kappa shape index (κ1) is 58.1. The highest BCUT2D eigenvalue weighted by Crippen LogP contribution is 2.76. The van der Waals surface area contributed by atoms with Crippen LogP contribution in [-0.4, -0.2) is 221 Å². The van der Waals surface area contributed by atoms with Crippen LogP contribution in [0.2, 0.25) is 0 Å². The van der Waals surface area contributed by atoms with E-state index in [4.69, 9.17) is 37.9 Å². The minimum absolute atomic E-state index is 0.0754. The van der Waals surface area contributed by atoms with Gasteiger partial charge in [0, 0.05) is 5.92 Å². The van der Waals surface area contributed by atoms with E-state index in [0.717, 1.165) is 24.8 Å². The van der Waals surface area contributed by atoms with Gasteiger partial charge in [-0.2, -0.15) is 0 Å². The third kappa shape index (κ3) is 9.21. The van der Waals surface area contributed by atoms with Crippen LogP contribution in [0.1, 0.15) is 113 Å².